The lowest BCUT2D eigenvalue weighted by Crippen LogP contribution is -2.69. The maximum absolute atomic E-state index is 5.47. The predicted octanol–water partition coefficient (Wildman–Crippen LogP) is -1.63. The molecule has 0 heterocycles. The summed E-state index contributed by atoms with van der Waals surface area (Å²) in [5, 5.41) is 3.03. The molecular formula is C5H16N3+. The first-order chi connectivity index (χ1) is 3.68. The molecule has 0 saturated carbocycles. The van der Waals surface area contributed by atoms with Gasteiger partial charge in [-0.2, -0.15) is 0 Å². The van der Waals surface area contributed by atoms with Crippen LogP contribution in [0.1, 0.15) is 6.92 Å². The minimum atomic E-state index is 0.0578. The summed E-state index contributed by atoms with van der Waals surface area (Å²) in [6, 6.07) is 0. The normalized spacial score (nSPS) is 18.0. The minimum absolute atomic E-state index is 0.0578. The van der Waals surface area contributed by atoms with E-state index in [1.807, 2.05) is 7.05 Å². The molecule has 0 aliphatic rings. The van der Waals surface area contributed by atoms with Gasteiger partial charge in [0.2, 0.25) is 0 Å². The molecule has 0 aromatic carbocycles. The second-order valence-electron chi connectivity index (χ2n) is 2.20. The van der Waals surface area contributed by atoms with E-state index < -0.39 is 0 Å². The summed E-state index contributed by atoms with van der Waals surface area (Å²) in [6.07, 6.45) is 0.0578. The SMILES string of the molecule is CNCC(C)C(N)[NH3+]. The molecule has 6 N–H and O–H groups in total. The monoisotopic (exact) mass is 118 g/mol. The van der Waals surface area contributed by atoms with Crippen LogP contribution >= 0.6 is 0 Å². The highest BCUT2D eigenvalue weighted by molar-refractivity contribution is 4.56. The fourth-order valence-electron chi connectivity index (χ4n) is 0.473. The summed E-state index contributed by atoms with van der Waals surface area (Å²) < 4.78 is 0. The first-order valence-corrected chi connectivity index (χ1v) is 2.91. The van der Waals surface area contributed by atoms with Gasteiger partial charge in [0.15, 0.2) is 0 Å². The lowest BCUT2D eigenvalue weighted by atomic mass is 10.1. The Balaban J connectivity index is 3.17. The Kier molecular flexibility index (Phi) is 3.77. The molecule has 0 saturated heterocycles. The van der Waals surface area contributed by atoms with Gasteiger partial charge >= 0.3 is 0 Å². The van der Waals surface area contributed by atoms with Gasteiger partial charge in [0.05, 0.1) is 0 Å². The van der Waals surface area contributed by atoms with E-state index in [2.05, 4.69) is 18.0 Å². The molecule has 0 aromatic rings. The molecule has 0 fully saturated rings. The van der Waals surface area contributed by atoms with E-state index >= 15 is 0 Å². The average molecular weight is 118 g/mol. The van der Waals surface area contributed by atoms with E-state index in [0.29, 0.717) is 5.92 Å². The van der Waals surface area contributed by atoms with Crippen LogP contribution in [0.2, 0.25) is 0 Å². The van der Waals surface area contributed by atoms with Gasteiger partial charge in [0.1, 0.15) is 6.17 Å². The summed E-state index contributed by atoms with van der Waals surface area (Å²) in [5.74, 6) is 0.472. The predicted molar refractivity (Wildman–Crippen MR) is 34.0 cm³/mol. The van der Waals surface area contributed by atoms with Crippen LogP contribution in [0.4, 0.5) is 0 Å². The quantitative estimate of drug-likeness (QED) is 0.389. The molecule has 3 nitrogen and oxygen atoms in total. The first-order valence-electron chi connectivity index (χ1n) is 2.91. The average Bonchev–Trinajstić information content (AvgIpc) is 1.67. The molecule has 0 radical (unpaired) electrons. The highest BCUT2D eigenvalue weighted by Gasteiger charge is 2.07. The molecule has 0 bridgehead atoms. The van der Waals surface area contributed by atoms with Crippen molar-refractivity contribution in [3.8, 4) is 0 Å². The van der Waals surface area contributed by atoms with Crippen LogP contribution in [-0.2, 0) is 0 Å². The third-order valence-electron chi connectivity index (χ3n) is 1.26. The summed E-state index contributed by atoms with van der Waals surface area (Å²) in [7, 11) is 1.92. The van der Waals surface area contributed by atoms with Crippen LogP contribution in [0.5, 0.6) is 0 Å². The Morgan fingerprint density at radius 3 is 2.38 bits per heavy atom. The van der Waals surface area contributed by atoms with Crippen LogP contribution in [0.25, 0.3) is 0 Å². The zero-order valence-corrected chi connectivity index (χ0v) is 5.65. The first kappa shape index (κ1) is 7.88. The molecule has 0 aromatic heterocycles. The maximum Gasteiger partial charge on any atom is 0.139 e. The highest BCUT2D eigenvalue weighted by atomic mass is 14.9. The van der Waals surface area contributed by atoms with Crippen molar-refractivity contribution in [1.82, 2.24) is 5.32 Å². The van der Waals surface area contributed by atoms with Crippen LogP contribution in [0.3, 0.4) is 0 Å². The van der Waals surface area contributed by atoms with Gasteiger partial charge in [-0.05, 0) is 7.05 Å². The number of nitrogens with two attached hydrogens (primary N) is 1. The standard InChI is InChI=1S/C5H15N3/c1-4(3-8-2)5(6)7/h4-5,8H,3,6-7H2,1-2H3/p+1. The summed E-state index contributed by atoms with van der Waals surface area (Å²) in [5.41, 5.74) is 9.17. The van der Waals surface area contributed by atoms with E-state index in [9.17, 15) is 0 Å². The summed E-state index contributed by atoms with van der Waals surface area (Å²) in [6.45, 7) is 3.03. The second-order valence-corrected chi connectivity index (χ2v) is 2.20. The van der Waals surface area contributed by atoms with Crippen molar-refractivity contribution in [2.45, 2.75) is 13.1 Å². The Morgan fingerprint density at radius 2 is 2.25 bits per heavy atom. The van der Waals surface area contributed by atoms with Crippen molar-refractivity contribution < 1.29 is 5.73 Å². The lowest BCUT2D eigenvalue weighted by Gasteiger charge is -2.10. The van der Waals surface area contributed by atoms with Crippen molar-refractivity contribution in [2.24, 2.45) is 11.7 Å². The lowest BCUT2D eigenvalue weighted by molar-refractivity contribution is -0.429. The van der Waals surface area contributed by atoms with Crippen molar-refractivity contribution in [1.29, 1.82) is 0 Å². The molecule has 0 amide bonds. The fourth-order valence-corrected chi connectivity index (χ4v) is 0.473. The number of quaternary nitrogens is 1. The van der Waals surface area contributed by atoms with E-state index in [-0.39, 0.29) is 6.17 Å². The third kappa shape index (κ3) is 2.96. The minimum Gasteiger partial charge on any atom is -0.343 e. The largest absolute Gasteiger partial charge is 0.343 e. The summed E-state index contributed by atoms with van der Waals surface area (Å²) >= 11 is 0. The highest BCUT2D eigenvalue weighted by Crippen LogP contribution is 1.88. The Bertz CT molecular complexity index is 53.6. The maximum atomic E-state index is 5.47. The number of nitrogens with one attached hydrogen (secondary N) is 1. The molecular weight excluding hydrogens is 102 g/mol. The number of hydrogen-bond acceptors (Lipinski definition) is 2. The summed E-state index contributed by atoms with van der Waals surface area (Å²) in [4.78, 5) is 0. The van der Waals surface area contributed by atoms with Crippen molar-refractivity contribution in [3.63, 3.8) is 0 Å². The van der Waals surface area contributed by atoms with Gasteiger partial charge in [-0.1, -0.05) is 6.92 Å². The van der Waals surface area contributed by atoms with E-state index in [0.717, 1.165) is 6.54 Å². The van der Waals surface area contributed by atoms with E-state index in [1.165, 1.54) is 0 Å². The molecule has 2 atom stereocenters. The third-order valence-corrected chi connectivity index (χ3v) is 1.26. The van der Waals surface area contributed by atoms with Gasteiger partial charge in [0, 0.05) is 12.5 Å². The molecule has 8 heavy (non-hydrogen) atoms. The van der Waals surface area contributed by atoms with Crippen LogP contribution in [0.15, 0.2) is 0 Å². The van der Waals surface area contributed by atoms with Crippen LogP contribution in [-0.4, -0.2) is 19.8 Å². The molecule has 0 aliphatic carbocycles. The van der Waals surface area contributed by atoms with Crippen molar-refractivity contribution in [3.05, 3.63) is 0 Å². The van der Waals surface area contributed by atoms with Crippen molar-refractivity contribution in [2.75, 3.05) is 13.6 Å². The van der Waals surface area contributed by atoms with E-state index in [4.69, 9.17) is 5.73 Å². The van der Waals surface area contributed by atoms with Crippen LogP contribution < -0.4 is 16.8 Å². The Labute approximate surface area is 50.4 Å². The molecule has 0 aliphatic heterocycles. The van der Waals surface area contributed by atoms with E-state index in [1.54, 1.807) is 0 Å². The Morgan fingerprint density at radius 1 is 1.75 bits per heavy atom. The smallest absolute Gasteiger partial charge is 0.139 e. The second kappa shape index (κ2) is 3.83. The van der Waals surface area contributed by atoms with Gasteiger partial charge in [-0.15, -0.1) is 0 Å². The van der Waals surface area contributed by atoms with Gasteiger partial charge < -0.3 is 11.1 Å². The molecule has 3 heteroatoms. The van der Waals surface area contributed by atoms with Gasteiger partial charge in [-0.25, -0.2) is 0 Å². The molecule has 0 spiro atoms. The zero-order chi connectivity index (χ0) is 6.57. The van der Waals surface area contributed by atoms with Gasteiger partial charge in [0.25, 0.3) is 0 Å². The molecule has 2 unspecified atom stereocenters. The zero-order valence-electron chi connectivity index (χ0n) is 5.65. The topological polar surface area (TPSA) is 65.7 Å². The number of hydrogen-bond donors (Lipinski definition) is 3. The van der Waals surface area contributed by atoms with Gasteiger partial charge in [-0.3, -0.25) is 5.73 Å². The molecule has 0 rings (SSSR count). The molecule has 50 valence electrons. The Hall–Kier alpha value is -0.120. The number of rotatable bonds is 3. The fraction of sp³-hybridized carbons (Fsp3) is 1.00. The van der Waals surface area contributed by atoms with Crippen molar-refractivity contribution >= 4 is 0 Å². The van der Waals surface area contributed by atoms with Crippen LogP contribution in [0, 0.1) is 5.92 Å².